The van der Waals surface area contributed by atoms with Crippen molar-refractivity contribution in [3.8, 4) is 17.2 Å². The van der Waals surface area contributed by atoms with Gasteiger partial charge >= 0.3 is 0 Å². The Labute approximate surface area is 160 Å². The van der Waals surface area contributed by atoms with Crippen LogP contribution in [0.3, 0.4) is 0 Å². The first-order valence-electron chi connectivity index (χ1n) is 8.45. The average Bonchev–Trinajstić information content (AvgIpc) is 3.09. The Morgan fingerprint density at radius 3 is 2.81 bits per heavy atom. The van der Waals surface area contributed by atoms with E-state index in [9.17, 15) is 9.50 Å². The van der Waals surface area contributed by atoms with E-state index in [1.54, 1.807) is 12.1 Å². The molecule has 1 aliphatic heterocycles. The molecular weight excluding hydrogens is 405 g/mol. The van der Waals surface area contributed by atoms with Crippen LogP contribution in [0.1, 0.15) is 12.0 Å². The third kappa shape index (κ3) is 5.09. The first-order valence-corrected chi connectivity index (χ1v) is 9.24. The zero-order valence-electron chi connectivity index (χ0n) is 14.3. The van der Waals surface area contributed by atoms with Gasteiger partial charge < -0.3 is 19.3 Å². The molecule has 140 valence electrons. The SMILES string of the molecule is OCCN(CCCOc1ccc2c(c1)OCO2)Cc1cc(Br)ccc1F. The molecular formula is C19H21BrFNO4. The monoisotopic (exact) mass is 425 g/mol. The number of rotatable bonds is 9. The first-order chi connectivity index (χ1) is 12.7. The van der Waals surface area contributed by atoms with Gasteiger partial charge in [0.05, 0.1) is 13.2 Å². The molecule has 2 aromatic rings. The van der Waals surface area contributed by atoms with Crippen LogP contribution in [-0.4, -0.2) is 43.1 Å². The normalized spacial score (nSPS) is 12.6. The number of benzene rings is 2. The van der Waals surface area contributed by atoms with Crippen LogP contribution in [0.5, 0.6) is 17.2 Å². The van der Waals surface area contributed by atoms with Crippen molar-refractivity contribution >= 4 is 15.9 Å². The lowest BCUT2D eigenvalue weighted by atomic mass is 10.2. The Balaban J connectivity index is 1.48. The average molecular weight is 426 g/mol. The van der Waals surface area contributed by atoms with Gasteiger partial charge in [0.25, 0.3) is 0 Å². The minimum Gasteiger partial charge on any atom is -0.493 e. The van der Waals surface area contributed by atoms with Gasteiger partial charge in [0.1, 0.15) is 11.6 Å². The largest absolute Gasteiger partial charge is 0.493 e. The van der Waals surface area contributed by atoms with Crippen LogP contribution >= 0.6 is 15.9 Å². The van der Waals surface area contributed by atoms with Crippen LogP contribution < -0.4 is 14.2 Å². The molecule has 0 bridgehead atoms. The van der Waals surface area contributed by atoms with E-state index in [4.69, 9.17) is 14.2 Å². The lowest BCUT2D eigenvalue weighted by molar-refractivity contribution is 0.173. The van der Waals surface area contributed by atoms with Gasteiger partial charge in [-0.2, -0.15) is 0 Å². The second kappa shape index (κ2) is 9.21. The fourth-order valence-electron chi connectivity index (χ4n) is 2.76. The Bertz CT molecular complexity index is 743. The van der Waals surface area contributed by atoms with Crippen molar-refractivity contribution in [1.82, 2.24) is 4.90 Å². The molecule has 0 atom stereocenters. The van der Waals surface area contributed by atoms with Crippen LogP contribution in [0.25, 0.3) is 0 Å². The molecule has 26 heavy (non-hydrogen) atoms. The summed E-state index contributed by atoms with van der Waals surface area (Å²) in [4.78, 5) is 2.01. The Morgan fingerprint density at radius 2 is 1.96 bits per heavy atom. The molecule has 0 radical (unpaired) electrons. The summed E-state index contributed by atoms with van der Waals surface area (Å²) in [7, 11) is 0. The summed E-state index contributed by atoms with van der Waals surface area (Å²) in [6.07, 6.45) is 0.754. The van der Waals surface area contributed by atoms with Crippen LogP contribution in [-0.2, 0) is 6.54 Å². The number of ether oxygens (including phenoxy) is 3. The molecule has 0 aromatic heterocycles. The number of hydrogen-bond donors (Lipinski definition) is 1. The minimum absolute atomic E-state index is 0.0264. The van der Waals surface area contributed by atoms with Crippen molar-refractivity contribution in [3.63, 3.8) is 0 Å². The highest BCUT2D eigenvalue weighted by atomic mass is 79.9. The molecule has 1 heterocycles. The summed E-state index contributed by atoms with van der Waals surface area (Å²) in [6.45, 7) is 2.39. The van der Waals surface area contributed by atoms with Crippen molar-refractivity contribution in [2.75, 3.05) is 33.1 Å². The number of hydrogen-bond acceptors (Lipinski definition) is 5. The van der Waals surface area contributed by atoms with E-state index in [2.05, 4.69) is 15.9 Å². The molecule has 0 saturated heterocycles. The predicted octanol–water partition coefficient (Wildman–Crippen LogP) is 3.58. The molecule has 1 aliphatic rings. The third-order valence-corrected chi connectivity index (χ3v) is 4.54. The highest BCUT2D eigenvalue weighted by Crippen LogP contribution is 2.35. The number of nitrogens with zero attached hydrogens (tertiary/aromatic N) is 1. The van der Waals surface area contributed by atoms with E-state index in [0.717, 1.165) is 22.4 Å². The minimum atomic E-state index is -0.243. The van der Waals surface area contributed by atoms with E-state index in [0.29, 0.717) is 37.6 Å². The summed E-state index contributed by atoms with van der Waals surface area (Å²) in [6, 6.07) is 10.4. The number of halogens is 2. The second-order valence-electron chi connectivity index (χ2n) is 5.95. The fraction of sp³-hybridized carbons (Fsp3) is 0.368. The predicted molar refractivity (Wildman–Crippen MR) is 99.1 cm³/mol. The van der Waals surface area contributed by atoms with E-state index >= 15 is 0 Å². The van der Waals surface area contributed by atoms with Crippen LogP contribution in [0, 0.1) is 5.82 Å². The quantitative estimate of drug-likeness (QED) is 0.622. The first kappa shape index (κ1) is 18.9. The second-order valence-corrected chi connectivity index (χ2v) is 6.87. The summed E-state index contributed by atoms with van der Waals surface area (Å²) < 4.78 is 31.1. The molecule has 0 saturated carbocycles. The van der Waals surface area contributed by atoms with E-state index in [1.165, 1.54) is 6.07 Å². The summed E-state index contributed by atoms with van der Waals surface area (Å²) >= 11 is 3.36. The maximum atomic E-state index is 13.9. The van der Waals surface area contributed by atoms with Crippen molar-refractivity contribution < 1.29 is 23.7 Å². The van der Waals surface area contributed by atoms with Gasteiger partial charge in [0.15, 0.2) is 11.5 Å². The summed E-state index contributed by atoms with van der Waals surface area (Å²) in [5, 5.41) is 9.26. The maximum Gasteiger partial charge on any atom is 0.231 e. The van der Waals surface area contributed by atoms with E-state index in [-0.39, 0.29) is 19.2 Å². The lowest BCUT2D eigenvalue weighted by Gasteiger charge is -2.22. The summed E-state index contributed by atoms with van der Waals surface area (Å²) in [5.74, 6) is 1.89. The van der Waals surface area contributed by atoms with Crippen molar-refractivity contribution in [1.29, 1.82) is 0 Å². The smallest absolute Gasteiger partial charge is 0.231 e. The molecule has 0 amide bonds. The van der Waals surface area contributed by atoms with E-state index in [1.807, 2.05) is 23.1 Å². The van der Waals surface area contributed by atoms with Crippen molar-refractivity contribution in [2.24, 2.45) is 0 Å². The highest BCUT2D eigenvalue weighted by Gasteiger charge is 2.14. The van der Waals surface area contributed by atoms with Gasteiger partial charge in [0.2, 0.25) is 6.79 Å². The Hall–Kier alpha value is -1.83. The third-order valence-electron chi connectivity index (χ3n) is 4.05. The molecule has 0 unspecified atom stereocenters. The Morgan fingerprint density at radius 1 is 1.12 bits per heavy atom. The van der Waals surface area contributed by atoms with Crippen LogP contribution in [0.2, 0.25) is 0 Å². The van der Waals surface area contributed by atoms with Gasteiger partial charge in [-0.05, 0) is 36.8 Å². The zero-order chi connectivity index (χ0) is 18.4. The highest BCUT2D eigenvalue weighted by molar-refractivity contribution is 9.10. The standard InChI is InChI=1S/C19H21BrFNO4/c20-15-2-4-17(21)14(10-15)12-22(7-8-23)6-1-9-24-16-3-5-18-19(11-16)26-13-25-18/h2-5,10-11,23H,1,6-9,12-13H2. The van der Waals surface area contributed by atoms with Crippen LogP contribution in [0.4, 0.5) is 4.39 Å². The molecule has 0 fully saturated rings. The Kier molecular flexibility index (Phi) is 6.71. The topological polar surface area (TPSA) is 51.2 Å². The maximum absolute atomic E-state index is 13.9. The molecule has 0 spiro atoms. The number of aliphatic hydroxyl groups is 1. The van der Waals surface area contributed by atoms with Gasteiger partial charge in [-0.25, -0.2) is 4.39 Å². The molecule has 1 N–H and O–H groups in total. The van der Waals surface area contributed by atoms with Crippen LogP contribution in [0.15, 0.2) is 40.9 Å². The molecule has 2 aromatic carbocycles. The van der Waals surface area contributed by atoms with E-state index < -0.39 is 0 Å². The molecule has 5 nitrogen and oxygen atoms in total. The van der Waals surface area contributed by atoms with Gasteiger partial charge in [0, 0.05) is 35.7 Å². The zero-order valence-corrected chi connectivity index (χ0v) is 15.9. The molecule has 7 heteroatoms. The van der Waals surface area contributed by atoms with Crippen molar-refractivity contribution in [3.05, 3.63) is 52.3 Å². The van der Waals surface area contributed by atoms with Gasteiger partial charge in [-0.1, -0.05) is 15.9 Å². The summed E-state index contributed by atoms with van der Waals surface area (Å²) in [5.41, 5.74) is 0.601. The van der Waals surface area contributed by atoms with Gasteiger partial charge in [-0.15, -0.1) is 0 Å². The number of fused-ring (bicyclic) bond motifs is 1. The fourth-order valence-corrected chi connectivity index (χ4v) is 3.17. The molecule has 3 rings (SSSR count). The van der Waals surface area contributed by atoms with Crippen molar-refractivity contribution in [2.45, 2.75) is 13.0 Å². The molecule has 0 aliphatic carbocycles. The number of aliphatic hydroxyl groups excluding tert-OH is 1. The van der Waals surface area contributed by atoms with Gasteiger partial charge in [-0.3, -0.25) is 4.90 Å². The lowest BCUT2D eigenvalue weighted by Crippen LogP contribution is -2.29.